The largest absolute Gasteiger partial charge is 0.457 e. The quantitative estimate of drug-likeness (QED) is 0.286. The highest BCUT2D eigenvalue weighted by Gasteiger charge is 2.26. The van der Waals surface area contributed by atoms with Crippen molar-refractivity contribution in [3.63, 3.8) is 0 Å². The molecule has 0 spiro atoms. The second-order valence-electron chi connectivity index (χ2n) is 5.25. The maximum atomic E-state index is 11.8. The Morgan fingerprint density at radius 2 is 1.84 bits per heavy atom. The van der Waals surface area contributed by atoms with Crippen LogP contribution in [0.3, 0.4) is 0 Å². The van der Waals surface area contributed by atoms with Crippen LogP contribution in [-0.4, -0.2) is 21.9 Å². The molecule has 1 fully saturated rings. The number of nitro benzene ring substituents is 1. The van der Waals surface area contributed by atoms with E-state index in [1.165, 1.54) is 18.2 Å². The zero-order chi connectivity index (χ0) is 18.1. The fourth-order valence-electron chi connectivity index (χ4n) is 2.31. The number of hydrogen-bond donors (Lipinski definition) is 2. The molecule has 25 heavy (non-hydrogen) atoms. The van der Waals surface area contributed by atoms with Gasteiger partial charge in [-0.05, 0) is 42.9 Å². The molecule has 2 amide bonds. The normalized spacial score (nSPS) is 14.1. The summed E-state index contributed by atoms with van der Waals surface area (Å²) in [7, 11) is 0. The molecular weight excluding hydrogens is 346 g/mol. The van der Waals surface area contributed by atoms with Crippen molar-refractivity contribution in [2.24, 2.45) is 0 Å². The van der Waals surface area contributed by atoms with Gasteiger partial charge in [-0.25, -0.2) is 0 Å². The summed E-state index contributed by atoms with van der Waals surface area (Å²) in [5.74, 6) is -0.606. The molecule has 2 aromatic rings. The second-order valence-corrected chi connectivity index (χ2v) is 5.66. The minimum Gasteiger partial charge on any atom is -0.457 e. The molecule has 0 atom stereocenters. The van der Waals surface area contributed by atoms with Crippen LogP contribution in [0.25, 0.3) is 17.4 Å². The lowest BCUT2D eigenvalue weighted by Crippen LogP contribution is -2.51. The summed E-state index contributed by atoms with van der Waals surface area (Å²) in [6.45, 7) is 1.79. The van der Waals surface area contributed by atoms with Crippen molar-refractivity contribution in [2.75, 3.05) is 0 Å². The van der Waals surface area contributed by atoms with Gasteiger partial charge in [-0.15, -0.1) is 0 Å². The number of carbonyl (C=O) groups excluding carboxylic acids is 2. The first kappa shape index (κ1) is 16.5. The molecule has 0 aliphatic carbocycles. The molecule has 1 aromatic heterocycles. The van der Waals surface area contributed by atoms with E-state index in [9.17, 15) is 19.7 Å². The van der Waals surface area contributed by atoms with Crippen molar-refractivity contribution >= 4 is 40.9 Å². The Bertz CT molecular complexity index is 938. The maximum Gasteiger partial charge on any atom is 0.270 e. The number of carbonyl (C=O) groups is 2. The number of hydrogen-bond acceptors (Lipinski definition) is 6. The molecule has 0 saturated carbocycles. The van der Waals surface area contributed by atoms with Crippen molar-refractivity contribution in [3.8, 4) is 11.3 Å². The van der Waals surface area contributed by atoms with Gasteiger partial charge in [0, 0.05) is 17.7 Å². The average molecular weight is 357 g/mol. The van der Waals surface area contributed by atoms with Crippen molar-refractivity contribution in [1.82, 2.24) is 10.6 Å². The lowest BCUT2D eigenvalue weighted by atomic mass is 10.1. The van der Waals surface area contributed by atoms with Crippen LogP contribution in [0.4, 0.5) is 5.69 Å². The highest BCUT2D eigenvalue weighted by atomic mass is 32.1. The summed E-state index contributed by atoms with van der Waals surface area (Å²) < 4.78 is 5.62. The van der Waals surface area contributed by atoms with E-state index in [0.29, 0.717) is 11.3 Å². The predicted octanol–water partition coefficient (Wildman–Crippen LogP) is 2.08. The van der Waals surface area contributed by atoms with Gasteiger partial charge in [-0.1, -0.05) is 6.07 Å². The molecule has 1 saturated heterocycles. The van der Waals surface area contributed by atoms with Crippen LogP contribution in [0.15, 0.2) is 40.3 Å². The first-order valence-electron chi connectivity index (χ1n) is 7.09. The Hall–Kier alpha value is -3.33. The first-order chi connectivity index (χ1) is 11.8. The predicted molar refractivity (Wildman–Crippen MR) is 92.4 cm³/mol. The molecule has 2 heterocycles. The molecule has 0 radical (unpaired) electrons. The standard InChI is InChI=1S/C16H11N3O5S/c1-8-2-3-9(19(22)23)6-11(8)13-5-4-10(24-13)7-12-14(20)17-16(25)18-15(12)21/h2-7H,1H3,(H2,17,18,20,21,25). The first-order valence-corrected chi connectivity index (χ1v) is 7.49. The van der Waals surface area contributed by atoms with Crippen molar-refractivity contribution < 1.29 is 18.9 Å². The van der Waals surface area contributed by atoms with Crippen LogP contribution < -0.4 is 10.6 Å². The number of benzene rings is 1. The van der Waals surface area contributed by atoms with E-state index in [-0.39, 0.29) is 22.1 Å². The fourth-order valence-corrected chi connectivity index (χ4v) is 2.50. The molecule has 0 bridgehead atoms. The third-order valence-electron chi connectivity index (χ3n) is 3.55. The van der Waals surface area contributed by atoms with Crippen LogP contribution in [0.1, 0.15) is 11.3 Å². The van der Waals surface area contributed by atoms with E-state index in [1.807, 2.05) is 0 Å². The number of amides is 2. The topological polar surface area (TPSA) is 114 Å². The summed E-state index contributed by atoms with van der Waals surface area (Å²) in [5.41, 5.74) is 1.14. The Morgan fingerprint density at radius 3 is 2.48 bits per heavy atom. The Labute approximate surface area is 146 Å². The molecule has 2 N–H and O–H groups in total. The van der Waals surface area contributed by atoms with E-state index in [1.54, 1.807) is 25.1 Å². The summed E-state index contributed by atoms with van der Waals surface area (Å²) >= 11 is 4.72. The van der Waals surface area contributed by atoms with Crippen LogP contribution >= 0.6 is 12.2 Å². The third-order valence-corrected chi connectivity index (χ3v) is 3.76. The van der Waals surface area contributed by atoms with Crippen LogP contribution in [0.5, 0.6) is 0 Å². The van der Waals surface area contributed by atoms with Gasteiger partial charge in [0.15, 0.2) is 5.11 Å². The zero-order valence-electron chi connectivity index (χ0n) is 12.9. The molecule has 0 unspecified atom stereocenters. The monoisotopic (exact) mass is 357 g/mol. The zero-order valence-corrected chi connectivity index (χ0v) is 13.7. The second kappa shape index (κ2) is 6.29. The number of furan rings is 1. The summed E-state index contributed by atoms with van der Waals surface area (Å²) in [6.07, 6.45) is 1.28. The summed E-state index contributed by atoms with van der Waals surface area (Å²) in [4.78, 5) is 34.1. The molecule has 126 valence electrons. The van der Waals surface area contributed by atoms with E-state index in [4.69, 9.17) is 16.6 Å². The van der Waals surface area contributed by atoms with Gasteiger partial charge >= 0.3 is 0 Å². The molecule has 1 aliphatic heterocycles. The highest BCUT2D eigenvalue weighted by Crippen LogP contribution is 2.29. The Balaban J connectivity index is 1.96. The number of nitro groups is 1. The number of nitrogens with zero attached hydrogens (tertiary/aromatic N) is 1. The molecule has 8 nitrogen and oxygen atoms in total. The Kier molecular flexibility index (Phi) is 4.15. The van der Waals surface area contributed by atoms with E-state index in [2.05, 4.69) is 10.6 Å². The smallest absolute Gasteiger partial charge is 0.270 e. The van der Waals surface area contributed by atoms with Gasteiger partial charge in [-0.2, -0.15) is 0 Å². The number of rotatable bonds is 3. The van der Waals surface area contributed by atoms with Gasteiger partial charge < -0.3 is 4.42 Å². The van der Waals surface area contributed by atoms with Crippen molar-refractivity contribution in [1.29, 1.82) is 0 Å². The molecule has 1 aliphatic rings. The number of nitrogens with one attached hydrogen (secondary N) is 2. The fraction of sp³-hybridized carbons (Fsp3) is 0.0625. The van der Waals surface area contributed by atoms with Crippen LogP contribution in [0.2, 0.25) is 0 Å². The van der Waals surface area contributed by atoms with Gasteiger partial charge in [-0.3, -0.25) is 30.3 Å². The maximum absolute atomic E-state index is 11.8. The van der Waals surface area contributed by atoms with E-state index >= 15 is 0 Å². The summed E-state index contributed by atoms with van der Waals surface area (Å²) in [6, 6.07) is 7.61. The SMILES string of the molecule is Cc1ccc([N+](=O)[O-])cc1-c1ccc(C=C2C(=O)NC(=S)NC2=O)o1. The number of thiocarbonyl (C=S) groups is 1. The number of non-ortho nitro benzene ring substituents is 1. The van der Waals surface area contributed by atoms with E-state index < -0.39 is 16.7 Å². The molecule has 3 rings (SSSR count). The summed E-state index contributed by atoms with van der Waals surface area (Å²) in [5, 5.41) is 15.5. The lowest BCUT2D eigenvalue weighted by Gasteiger charge is -2.15. The van der Waals surface area contributed by atoms with Gasteiger partial charge in [0.1, 0.15) is 17.1 Å². The minimum atomic E-state index is -0.627. The lowest BCUT2D eigenvalue weighted by molar-refractivity contribution is -0.384. The average Bonchev–Trinajstić information content (AvgIpc) is 2.99. The highest BCUT2D eigenvalue weighted by molar-refractivity contribution is 7.80. The van der Waals surface area contributed by atoms with Gasteiger partial charge in [0.2, 0.25) is 0 Å². The number of aryl methyl sites for hydroxylation is 1. The van der Waals surface area contributed by atoms with Crippen LogP contribution in [-0.2, 0) is 9.59 Å². The molecule has 1 aromatic carbocycles. The minimum absolute atomic E-state index is 0.0560. The Morgan fingerprint density at radius 1 is 1.16 bits per heavy atom. The molecule has 9 heteroatoms. The van der Waals surface area contributed by atoms with Gasteiger partial charge in [0.25, 0.3) is 17.5 Å². The molecular formula is C16H11N3O5S. The van der Waals surface area contributed by atoms with E-state index in [0.717, 1.165) is 5.56 Å². The van der Waals surface area contributed by atoms with Crippen LogP contribution in [0, 0.1) is 17.0 Å². The third kappa shape index (κ3) is 3.31. The van der Waals surface area contributed by atoms with Crippen molar-refractivity contribution in [3.05, 3.63) is 57.3 Å². The van der Waals surface area contributed by atoms with Gasteiger partial charge in [0.05, 0.1) is 4.92 Å². The van der Waals surface area contributed by atoms with Crippen molar-refractivity contribution in [2.45, 2.75) is 6.92 Å².